The van der Waals surface area contributed by atoms with Crippen molar-refractivity contribution in [2.45, 2.75) is 24.7 Å². The van der Waals surface area contributed by atoms with Gasteiger partial charge in [0.2, 0.25) is 0 Å². The highest BCUT2D eigenvalue weighted by Gasteiger charge is 2.15. The van der Waals surface area contributed by atoms with Crippen LogP contribution in [0.5, 0.6) is 5.75 Å². The van der Waals surface area contributed by atoms with E-state index < -0.39 is 0 Å². The number of aromatic amines is 1. The summed E-state index contributed by atoms with van der Waals surface area (Å²) in [4.78, 5) is 8.72. The van der Waals surface area contributed by atoms with Crippen LogP contribution in [0.15, 0.2) is 35.2 Å². The van der Waals surface area contributed by atoms with E-state index in [-0.39, 0.29) is 0 Å². The smallest absolute Gasteiger partial charge is 0.143 e. The maximum absolute atomic E-state index is 9.01. The SMILES string of the molecule is CCCc1ccc(-c2nc3ccc(C#N)cc3[nH]2)c(OC)c1S. The summed E-state index contributed by atoms with van der Waals surface area (Å²) >= 11 is 4.63. The lowest BCUT2D eigenvalue weighted by Crippen LogP contribution is -1.95. The average Bonchev–Trinajstić information content (AvgIpc) is 2.99. The molecule has 0 saturated heterocycles. The molecule has 5 heteroatoms. The number of nitriles is 1. The van der Waals surface area contributed by atoms with Crippen LogP contribution in [0, 0.1) is 11.3 Å². The van der Waals surface area contributed by atoms with Gasteiger partial charge in [0.25, 0.3) is 0 Å². The van der Waals surface area contributed by atoms with Gasteiger partial charge in [0, 0.05) is 0 Å². The van der Waals surface area contributed by atoms with Gasteiger partial charge in [0.05, 0.1) is 40.2 Å². The Bertz CT molecular complexity index is 909. The molecule has 0 saturated carbocycles. The molecule has 1 N–H and O–H groups in total. The van der Waals surface area contributed by atoms with Gasteiger partial charge in [0.15, 0.2) is 0 Å². The van der Waals surface area contributed by atoms with Crippen LogP contribution in [0.4, 0.5) is 0 Å². The zero-order valence-corrected chi connectivity index (χ0v) is 13.9. The summed E-state index contributed by atoms with van der Waals surface area (Å²) in [5.41, 5.74) is 4.29. The van der Waals surface area contributed by atoms with E-state index in [9.17, 15) is 0 Å². The molecule has 23 heavy (non-hydrogen) atoms. The van der Waals surface area contributed by atoms with Crippen LogP contribution >= 0.6 is 12.6 Å². The molecule has 0 fully saturated rings. The maximum Gasteiger partial charge on any atom is 0.143 e. The van der Waals surface area contributed by atoms with E-state index in [2.05, 4.69) is 41.7 Å². The number of hydrogen-bond acceptors (Lipinski definition) is 4. The highest BCUT2D eigenvalue weighted by atomic mass is 32.1. The lowest BCUT2D eigenvalue weighted by molar-refractivity contribution is 0.405. The van der Waals surface area contributed by atoms with Crippen LogP contribution < -0.4 is 4.74 Å². The normalized spacial score (nSPS) is 10.7. The van der Waals surface area contributed by atoms with Gasteiger partial charge in [-0.1, -0.05) is 19.4 Å². The first-order valence-electron chi connectivity index (χ1n) is 7.47. The predicted octanol–water partition coefficient (Wildman–Crippen LogP) is 4.35. The zero-order valence-electron chi connectivity index (χ0n) is 13.1. The number of thiol groups is 1. The number of aromatic nitrogens is 2. The topological polar surface area (TPSA) is 61.7 Å². The monoisotopic (exact) mass is 323 g/mol. The molecule has 0 spiro atoms. The summed E-state index contributed by atoms with van der Waals surface area (Å²) in [5.74, 6) is 1.43. The summed E-state index contributed by atoms with van der Waals surface area (Å²) in [6, 6.07) is 11.6. The lowest BCUT2D eigenvalue weighted by atomic mass is 10.1. The van der Waals surface area contributed by atoms with Crippen LogP contribution in [0.3, 0.4) is 0 Å². The quantitative estimate of drug-likeness (QED) is 0.702. The predicted molar refractivity (Wildman–Crippen MR) is 94.0 cm³/mol. The third-order valence-corrected chi connectivity index (χ3v) is 4.29. The van der Waals surface area contributed by atoms with Gasteiger partial charge in [-0.3, -0.25) is 0 Å². The minimum absolute atomic E-state index is 0.604. The number of nitrogens with one attached hydrogen (secondary N) is 1. The van der Waals surface area contributed by atoms with Gasteiger partial charge in [-0.25, -0.2) is 4.98 Å². The molecule has 3 rings (SSSR count). The van der Waals surface area contributed by atoms with Gasteiger partial charge in [-0.05, 0) is 36.2 Å². The molecule has 2 aromatic carbocycles. The molecular weight excluding hydrogens is 306 g/mol. The molecule has 4 nitrogen and oxygen atoms in total. The highest BCUT2D eigenvalue weighted by molar-refractivity contribution is 7.80. The molecule has 0 amide bonds. The van der Waals surface area contributed by atoms with Crippen molar-refractivity contribution < 1.29 is 4.74 Å². The first kappa shape index (κ1) is 15.4. The Labute approximate surface area is 140 Å². The van der Waals surface area contributed by atoms with Crippen LogP contribution in [-0.4, -0.2) is 17.1 Å². The van der Waals surface area contributed by atoms with Gasteiger partial charge in [-0.2, -0.15) is 5.26 Å². The number of benzene rings is 2. The van der Waals surface area contributed by atoms with Crippen LogP contribution in [-0.2, 0) is 6.42 Å². The summed E-state index contributed by atoms with van der Waals surface area (Å²) in [6.45, 7) is 2.14. The van der Waals surface area contributed by atoms with E-state index in [1.165, 1.54) is 5.56 Å². The molecule has 1 aromatic heterocycles. The number of ether oxygens (including phenoxy) is 1. The summed E-state index contributed by atoms with van der Waals surface area (Å²) in [7, 11) is 1.64. The van der Waals surface area contributed by atoms with Crippen molar-refractivity contribution in [2.75, 3.05) is 7.11 Å². The molecule has 0 bridgehead atoms. The summed E-state index contributed by atoms with van der Waals surface area (Å²) in [5, 5.41) is 9.01. The third kappa shape index (κ3) is 2.78. The number of H-pyrrole nitrogens is 1. The fourth-order valence-corrected chi connectivity index (χ4v) is 3.08. The number of methoxy groups -OCH3 is 1. The number of hydrogen-bond donors (Lipinski definition) is 2. The second kappa shape index (κ2) is 6.35. The highest BCUT2D eigenvalue weighted by Crippen LogP contribution is 2.37. The Balaban J connectivity index is 2.14. The van der Waals surface area contributed by atoms with E-state index in [0.717, 1.165) is 40.1 Å². The standard InChI is InChI=1S/C18H17N3OS/c1-3-4-12-6-7-13(16(22-2)17(12)23)18-20-14-8-5-11(10-19)9-15(14)21-18/h5-9,23H,3-4H2,1-2H3,(H,20,21). The molecule has 0 radical (unpaired) electrons. The maximum atomic E-state index is 9.01. The molecule has 116 valence electrons. The number of imidazole rings is 1. The number of nitrogens with zero attached hydrogens (tertiary/aromatic N) is 2. The largest absolute Gasteiger partial charge is 0.495 e. The van der Waals surface area contributed by atoms with Crippen LogP contribution in [0.2, 0.25) is 0 Å². The molecule has 0 unspecified atom stereocenters. The van der Waals surface area contributed by atoms with Crippen molar-refractivity contribution in [1.82, 2.24) is 9.97 Å². The zero-order chi connectivity index (χ0) is 16.4. The van der Waals surface area contributed by atoms with E-state index in [0.29, 0.717) is 11.4 Å². The van der Waals surface area contributed by atoms with E-state index in [1.54, 1.807) is 19.2 Å². The first-order valence-corrected chi connectivity index (χ1v) is 7.91. The molecule has 3 aromatic rings. The fraction of sp³-hybridized carbons (Fsp3) is 0.222. The summed E-state index contributed by atoms with van der Waals surface area (Å²) in [6.07, 6.45) is 2.01. The molecule has 0 aliphatic carbocycles. The lowest BCUT2D eigenvalue weighted by Gasteiger charge is -2.13. The van der Waals surface area contributed by atoms with Crippen molar-refractivity contribution in [3.8, 4) is 23.2 Å². The van der Waals surface area contributed by atoms with E-state index in [1.807, 2.05) is 12.1 Å². The van der Waals surface area contributed by atoms with Crippen molar-refractivity contribution in [3.05, 3.63) is 41.5 Å². The average molecular weight is 323 g/mol. The first-order chi connectivity index (χ1) is 11.2. The van der Waals surface area contributed by atoms with Gasteiger partial charge in [0.1, 0.15) is 11.6 Å². The molecule has 0 atom stereocenters. The van der Waals surface area contributed by atoms with Gasteiger partial charge >= 0.3 is 0 Å². The van der Waals surface area contributed by atoms with Crippen LogP contribution in [0.25, 0.3) is 22.4 Å². The van der Waals surface area contributed by atoms with Crippen LogP contribution in [0.1, 0.15) is 24.5 Å². The second-order valence-electron chi connectivity index (χ2n) is 5.33. The second-order valence-corrected chi connectivity index (χ2v) is 5.78. The van der Waals surface area contributed by atoms with Gasteiger partial charge < -0.3 is 9.72 Å². The van der Waals surface area contributed by atoms with E-state index >= 15 is 0 Å². The Morgan fingerprint density at radius 3 is 2.83 bits per heavy atom. The number of aryl methyl sites for hydroxylation is 1. The van der Waals surface area contributed by atoms with Crippen molar-refractivity contribution >= 4 is 23.7 Å². The molecule has 0 aliphatic rings. The minimum Gasteiger partial charge on any atom is -0.495 e. The Morgan fingerprint density at radius 2 is 2.13 bits per heavy atom. The van der Waals surface area contributed by atoms with E-state index in [4.69, 9.17) is 10.00 Å². The number of fused-ring (bicyclic) bond motifs is 1. The minimum atomic E-state index is 0.604. The third-order valence-electron chi connectivity index (χ3n) is 3.80. The van der Waals surface area contributed by atoms with Crippen molar-refractivity contribution in [2.24, 2.45) is 0 Å². The van der Waals surface area contributed by atoms with Crippen molar-refractivity contribution in [3.63, 3.8) is 0 Å². The fourth-order valence-electron chi connectivity index (χ4n) is 2.68. The molecular formula is C18H17N3OS. The van der Waals surface area contributed by atoms with Crippen molar-refractivity contribution in [1.29, 1.82) is 5.26 Å². The Kier molecular flexibility index (Phi) is 4.26. The van der Waals surface area contributed by atoms with Gasteiger partial charge in [-0.15, -0.1) is 12.6 Å². The Hall–Kier alpha value is -2.45. The Morgan fingerprint density at radius 1 is 1.30 bits per heavy atom. The molecule has 1 heterocycles. The number of rotatable bonds is 4. The summed E-state index contributed by atoms with van der Waals surface area (Å²) < 4.78 is 5.57. The molecule has 0 aliphatic heterocycles.